The summed E-state index contributed by atoms with van der Waals surface area (Å²) >= 11 is 5.86. The number of nitrogens with one attached hydrogen (secondary N) is 1. The standard InChI is InChI=1S/C14H14ClN3/c15-14-11(5-16)4-13(8-18-14)9-1-2-10-6-17-7-12(10)3-9/h3-4,8,10,12,17H,1-2,6-7H2/t10-,12+/m0/s1. The third-order valence-electron chi connectivity index (χ3n) is 3.92. The van der Waals surface area contributed by atoms with Gasteiger partial charge in [-0.25, -0.2) is 4.98 Å². The Labute approximate surface area is 111 Å². The number of allylic oxidation sites excluding steroid dienone is 1. The molecule has 1 aliphatic carbocycles. The van der Waals surface area contributed by atoms with Gasteiger partial charge in [0, 0.05) is 12.7 Å². The number of halogens is 1. The minimum absolute atomic E-state index is 0.290. The van der Waals surface area contributed by atoms with Crippen LogP contribution in [0, 0.1) is 23.2 Å². The molecule has 2 aliphatic rings. The first-order chi connectivity index (χ1) is 8.78. The average Bonchev–Trinajstić information content (AvgIpc) is 2.86. The minimum Gasteiger partial charge on any atom is -0.316 e. The number of nitriles is 1. The smallest absolute Gasteiger partial charge is 0.146 e. The molecule has 1 aromatic rings. The second-order valence-corrected chi connectivity index (χ2v) is 5.34. The lowest BCUT2D eigenvalue weighted by Gasteiger charge is -2.23. The lowest BCUT2D eigenvalue weighted by Crippen LogP contribution is -2.15. The van der Waals surface area contributed by atoms with E-state index in [0.29, 0.717) is 11.5 Å². The largest absolute Gasteiger partial charge is 0.316 e. The topological polar surface area (TPSA) is 48.7 Å². The van der Waals surface area contributed by atoms with Crippen LogP contribution in [0.2, 0.25) is 5.15 Å². The molecule has 2 heterocycles. The molecule has 1 aromatic heterocycles. The van der Waals surface area contributed by atoms with Crippen molar-refractivity contribution in [2.24, 2.45) is 11.8 Å². The van der Waals surface area contributed by atoms with Crippen molar-refractivity contribution in [3.8, 4) is 6.07 Å². The van der Waals surface area contributed by atoms with Crippen LogP contribution >= 0.6 is 11.6 Å². The van der Waals surface area contributed by atoms with Crippen LogP contribution in [0.4, 0.5) is 0 Å². The van der Waals surface area contributed by atoms with Gasteiger partial charge in [-0.1, -0.05) is 17.7 Å². The number of nitrogens with zero attached hydrogens (tertiary/aromatic N) is 2. The maximum Gasteiger partial charge on any atom is 0.146 e. The summed E-state index contributed by atoms with van der Waals surface area (Å²) in [5.41, 5.74) is 2.81. The monoisotopic (exact) mass is 259 g/mol. The molecule has 0 saturated carbocycles. The number of hydrogen-bond acceptors (Lipinski definition) is 3. The zero-order chi connectivity index (χ0) is 12.5. The van der Waals surface area contributed by atoms with Crippen LogP contribution in [-0.2, 0) is 0 Å². The molecule has 1 saturated heterocycles. The third kappa shape index (κ3) is 2.03. The summed E-state index contributed by atoms with van der Waals surface area (Å²) < 4.78 is 0. The normalized spacial score (nSPS) is 26.3. The van der Waals surface area contributed by atoms with Crippen LogP contribution in [-0.4, -0.2) is 18.1 Å². The SMILES string of the molecule is N#Cc1cc(C2=C[C@@H]3CNC[C@@H]3CC2)cnc1Cl. The Kier molecular flexibility index (Phi) is 3.07. The van der Waals surface area contributed by atoms with Crippen LogP contribution in [0.15, 0.2) is 18.3 Å². The summed E-state index contributed by atoms with van der Waals surface area (Å²) in [6, 6.07) is 3.94. The van der Waals surface area contributed by atoms with Gasteiger partial charge >= 0.3 is 0 Å². The second kappa shape index (κ2) is 4.72. The molecule has 2 atom stereocenters. The molecule has 3 rings (SSSR count). The zero-order valence-corrected chi connectivity index (χ0v) is 10.7. The Morgan fingerprint density at radius 1 is 1.44 bits per heavy atom. The Bertz CT molecular complexity index is 544. The number of pyridine rings is 1. The lowest BCUT2D eigenvalue weighted by molar-refractivity contribution is 0.448. The van der Waals surface area contributed by atoms with Crippen LogP contribution in [0.25, 0.3) is 5.57 Å². The first-order valence-corrected chi connectivity index (χ1v) is 6.63. The van der Waals surface area contributed by atoms with E-state index in [1.165, 1.54) is 12.0 Å². The fraction of sp³-hybridized carbons (Fsp3) is 0.429. The number of aromatic nitrogens is 1. The van der Waals surface area contributed by atoms with Gasteiger partial charge in [0.05, 0.1) is 5.56 Å². The summed E-state index contributed by atoms with van der Waals surface area (Å²) in [5, 5.41) is 12.7. The van der Waals surface area contributed by atoms with E-state index in [2.05, 4.69) is 22.4 Å². The van der Waals surface area contributed by atoms with Crippen LogP contribution in [0.3, 0.4) is 0 Å². The van der Waals surface area contributed by atoms with E-state index in [1.807, 2.05) is 6.07 Å². The Hall–Kier alpha value is -1.37. The molecule has 92 valence electrons. The van der Waals surface area contributed by atoms with Gasteiger partial charge in [0.15, 0.2) is 0 Å². The molecule has 3 nitrogen and oxygen atoms in total. The zero-order valence-electron chi connectivity index (χ0n) is 9.99. The average molecular weight is 260 g/mol. The molecule has 0 aromatic carbocycles. The molecule has 0 spiro atoms. The second-order valence-electron chi connectivity index (χ2n) is 4.99. The van der Waals surface area contributed by atoms with Gasteiger partial charge in [0.1, 0.15) is 11.2 Å². The van der Waals surface area contributed by atoms with Crippen molar-refractivity contribution >= 4 is 17.2 Å². The van der Waals surface area contributed by atoms with E-state index in [0.717, 1.165) is 31.0 Å². The Morgan fingerprint density at radius 2 is 2.33 bits per heavy atom. The molecule has 0 radical (unpaired) electrons. The summed E-state index contributed by atoms with van der Waals surface area (Å²) in [5.74, 6) is 1.42. The highest BCUT2D eigenvalue weighted by Gasteiger charge is 2.29. The fourth-order valence-electron chi connectivity index (χ4n) is 2.89. The van der Waals surface area contributed by atoms with Gasteiger partial charge in [-0.2, -0.15) is 5.26 Å². The molecule has 18 heavy (non-hydrogen) atoms. The van der Waals surface area contributed by atoms with E-state index < -0.39 is 0 Å². The molecular weight excluding hydrogens is 246 g/mol. The number of fused-ring (bicyclic) bond motifs is 1. The van der Waals surface area contributed by atoms with Gasteiger partial charge in [-0.15, -0.1) is 0 Å². The van der Waals surface area contributed by atoms with E-state index in [1.54, 1.807) is 6.20 Å². The van der Waals surface area contributed by atoms with E-state index in [9.17, 15) is 0 Å². The highest BCUT2D eigenvalue weighted by molar-refractivity contribution is 6.30. The third-order valence-corrected chi connectivity index (χ3v) is 4.22. The predicted octanol–water partition coefficient (Wildman–Crippen LogP) is 2.62. The van der Waals surface area contributed by atoms with Gasteiger partial charge in [-0.05, 0) is 48.4 Å². The summed E-state index contributed by atoms with van der Waals surface area (Å²) in [7, 11) is 0. The lowest BCUT2D eigenvalue weighted by atomic mass is 9.81. The van der Waals surface area contributed by atoms with Crippen molar-refractivity contribution in [1.82, 2.24) is 10.3 Å². The summed E-state index contributed by atoms with van der Waals surface area (Å²) in [6.45, 7) is 2.21. The van der Waals surface area contributed by atoms with Crippen molar-refractivity contribution in [3.63, 3.8) is 0 Å². The first kappa shape index (κ1) is 11.7. The van der Waals surface area contributed by atoms with Gasteiger partial charge in [-0.3, -0.25) is 0 Å². The molecule has 4 heteroatoms. The van der Waals surface area contributed by atoms with Gasteiger partial charge in [0.2, 0.25) is 0 Å². The minimum atomic E-state index is 0.290. The van der Waals surface area contributed by atoms with Crippen molar-refractivity contribution in [3.05, 3.63) is 34.6 Å². The van der Waals surface area contributed by atoms with Crippen molar-refractivity contribution in [1.29, 1.82) is 5.26 Å². The van der Waals surface area contributed by atoms with Gasteiger partial charge in [0.25, 0.3) is 0 Å². The van der Waals surface area contributed by atoms with Crippen molar-refractivity contribution < 1.29 is 0 Å². The maximum atomic E-state index is 8.99. The Balaban J connectivity index is 1.93. The molecule has 1 N–H and O–H groups in total. The van der Waals surface area contributed by atoms with Crippen molar-refractivity contribution in [2.75, 3.05) is 13.1 Å². The van der Waals surface area contributed by atoms with E-state index in [4.69, 9.17) is 16.9 Å². The molecule has 1 aliphatic heterocycles. The highest BCUT2D eigenvalue weighted by Crippen LogP contribution is 2.35. The highest BCUT2D eigenvalue weighted by atomic mass is 35.5. The van der Waals surface area contributed by atoms with E-state index in [-0.39, 0.29) is 5.15 Å². The van der Waals surface area contributed by atoms with Crippen LogP contribution in [0.5, 0.6) is 0 Å². The fourth-order valence-corrected chi connectivity index (χ4v) is 3.04. The Morgan fingerprint density at radius 3 is 3.17 bits per heavy atom. The predicted molar refractivity (Wildman–Crippen MR) is 71.0 cm³/mol. The molecule has 0 unspecified atom stereocenters. The quantitative estimate of drug-likeness (QED) is 0.789. The number of hydrogen-bond donors (Lipinski definition) is 1. The first-order valence-electron chi connectivity index (χ1n) is 6.25. The van der Waals surface area contributed by atoms with Gasteiger partial charge < -0.3 is 5.32 Å². The molecule has 1 fully saturated rings. The van der Waals surface area contributed by atoms with Crippen molar-refractivity contribution in [2.45, 2.75) is 12.8 Å². The molecule has 0 amide bonds. The van der Waals surface area contributed by atoms with Crippen LogP contribution < -0.4 is 5.32 Å². The van der Waals surface area contributed by atoms with Crippen LogP contribution in [0.1, 0.15) is 24.0 Å². The maximum absolute atomic E-state index is 8.99. The number of rotatable bonds is 1. The summed E-state index contributed by atoms with van der Waals surface area (Å²) in [4.78, 5) is 4.10. The molecule has 0 bridgehead atoms. The summed E-state index contributed by atoms with van der Waals surface area (Å²) in [6.07, 6.45) is 6.41. The van der Waals surface area contributed by atoms with E-state index >= 15 is 0 Å². The molecular formula is C14H14ClN3.